The number of ether oxygens (including phenoxy) is 2. The summed E-state index contributed by atoms with van der Waals surface area (Å²) in [5.74, 6) is 0.369. The summed E-state index contributed by atoms with van der Waals surface area (Å²) in [7, 11) is 0. The van der Waals surface area contributed by atoms with Crippen molar-refractivity contribution in [2.24, 2.45) is 0 Å². The molecule has 25 heavy (non-hydrogen) atoms. The molecule has 1 fully saturated rings. The number of piperazine rings is 1. The molecule has 0 N–H and O–H groups in total. The van der Waals surface area contributed by atoms with Gasteiger partial charge in [0.2, 0.25) is 11.8 Å². The maximum absolute atomic E-state index is 12.3. The van der Waals surface area contributed by atoms with Crippen LogP contribution in [-0.2, 0) is 16.1 Å². The Kier molecular flexibility index (Phi) is 6.01. The number of carbonyl (C=O) groups excluding carboxylic acids is 2. The first-order valence-electron chi connectivity index (χ1n) is 8.24. The highest BCUT2D eigenvalue weighted by molar-refractivity contribution is 5.83. The van der Waals surface area contributed by atoms with Crippen LogP contribution >= 0.6 is 0 Å². The third kappa shape index (κ3) is 5.77. The molecule has 2 amide bonds. The van der Waals surface area contributed by atoms with Crippen LogP contribution in [0.3, 0.4) is 0 Å². The highest BCUT2D eigenvalue weighted by Gasteiger charge is 2.30. The molecule has 7 heteroatoms. The largest absolute Gasteiger partial charge is 0.473 e. The molecule has 0 atom stereocenters. The Labute approximate surface area is 148 Å². The summed E-state index contributed by atoms with van der Waals surface area (Å²) >= 11 is 0. The van der Waals surface area contributed by atoms with Gasteiger partial charge in [-0.25, -0.2) is 9.78 Å². The summed E-state index contributed by atoms with van der Waals surface area (Å²) in [6, 6.07) is 5.44. The van der Waals surface area contributed by atoms with Gasteiger partial charge in [-0.3, -0.25) is 9.69 Å². The van der Waals surface area contributed by atoms with Crippen LogP contribution in [0.1, 0.15) is 26.5 Å². The second-order valence-corrected chi connectivity index (χ2v) is 6.78. The molecule has 1 aromatic rings. The monoisotopic (exact) mass is 347 g/mol. The topological polar surface area (TPSA) is 72.0 Å². The van der Waals surface area contributed by atoms with Crippen molar-refractivity contribution >= 4 is 12.0 Å². The van der Waals surface area contributed by atoms with Crippen molar-refractivity contribution in [1.29, 1.82) is 0 Å². The lowest BCUT2D eigenvalue weighted by atomic mass is 10.2. The predicted molar refractivity (Wildman–Crippen MR) is 93.2 cm³/mol. The summed E-state index contributed by atoms with van der Waals surface area (Å²) in [5.41, 5.74) is 0.160. The number of amides is 2. The van der Waals surface area contributed by atoms with E-state index in [1.54, 1.807) is 37.8 Å². The Balaban J connectivity index is 1.92. The lowest BCUT2D eigenvalue weighted by Gasteiger charge is -2.35. The Morgan fingerprint density at radius 3 is 2.76 bits per heavy atom. The van der Waals surface area contributed by atoms with Gasteiger partial charge in [0.1, 0.15) is 18.8 Å². The van der Waals surface area contributed by atoms with E-state index in [0.717, 1.165) is 5.69 Å². The zero-order valence-corrected chi connectivity index (χ0v) is 15.0. The minimum absolute atomic E-state index is 0.0154. The zero-order valence-electron chi connectivity index (χ0n) is 15.0. The average molecular weight is 347 g/mol. The van der Waals surface area contributed by atoms with E-state index in [-0.39, 0.29) is 12.5 Å². The van der Waals surface area contributed by atoms with E-state index in [4.69, 9.17) is 9.47 Å². The fraction of sp³-hybridized carbons (Fsp3) is 0.500. The average Bonchev–Trinajstić information content (AvgIpc) is 2.53. The van der Waals surface area contributed by atoms with E-state index >= 15 is 0 Å². The van der Waals surface area contributed by atoms with Crippen molar-refractivity contribution in [3.8, 4) is 5.88 Å². The van der Waals surface area contributed by atoms with Gasteiger partial charge in [-0.2, -0.15) is 0 Å². The second kappa shape index (κ2) is 8.00. The number of rotatable bonds is 5. The van der Waals surface area contributed by atoms with Gasteiger partial charge in [0, 0.05) is 19.2 Å². The molecule has 0 saturated carbocycles. The van der Waals surface area contributed by atoms with Gasteiger partial charge in [0.05, 0.1) is 12.2 Å². The summed E-state index contributed by atoms with van der Waals surface area (Å²) in [6.07, 6.45) is 1.19. The number of hydrogen-bond acceptors (Lipinski definition) is 5. The molecule has 0 aliphatic carbocycles. The molecule has 0 radical (unpaired) electrons. The Morgan fingerprint density at radius 1 is 1.36 bits per heavy atom. The smallest absolute Gasteiger partial charge is 0.410 e. The van der Waals surface area contributed by atoms with E-state index in [2.05, 4.69) is 11.6 Å². The maximum Gasteiger partial charge on any atom is 0.410 e. The minimum Gasteiger partial charge on any atom is -0.473 e. The van der Waals surface area contributed by atoms with E-state index in [1.807, 2.05) is 12.1 Å². The van der Waals surface area contributed by atoms with Gasteiger partial charge in [0.25, 0.3) is 0 Å². The number of hydrogen-bond donors (Lipinski definition) is 0. The molecule has 136 valence electrons. The first-order valence-corrected chi connectivity index (χ1v) is 8.24. The molecular formula is C18H25N3O4. The maximum atomic E-state index is 12.3. The van der Waals surface area contributed by atoms with Crippen molar-refractivity contribution in [3.63, 3.8) is 0 Å². The van der Waals surface area contributed by atoms with E-state index < -0.39 is 11.7 Å². The molecule has 0 unspecified atom stereocenters. The Hall–Kier alpha value is -2.57. The van der Waals surface area contributed by atoms with Crippen LogP contribution in [0.4, 0.5) is 4.79 Å². The number of nitrogens with zero attached hydrogens (tertiary/aromatic N) is 3. The van der Waals surface area contributed by atoms with Crippen molar-refractivity contribution < 1.29 is 19.1 Å². The van der Waals surface area contributed by atoms with Gasteiger partial charge in [0.15, 0.2) is 0 Å². The van der Waals surface area contributed by atoms with Gasteiger partial charge in [-0.15, -0.1) is 0 Å². The van der Waals surface area contributed by atoms with Gasteiger partial charge < -0.3 is 14.4 Å². The van der Waals surface area contributed by atoms with Crippen LogP contribution in [0.5, 0.6) is 5.88 Å². The van der Waals surface area contributed by atoms with Crippen LogP contribution in [0.2, 0.25) is 0 Å². The number of aromatic nitrogens is 1. The molecule has 1 aliphatic rings. The second-order valence-electron chi connectivity index (χ2n) is 6.78. The van der Waals surface area contributed by atoms with Crippen LogP contribution in [-0.4, -0.2) is 58.6 Å². The summed E-state index contributed by atoms with van der Waals surface area (Å²) in [4.78, 5) is 31.9. The fourth-order valence-electron chi connectivity index (χ4n) is 2.32. The lowest BCUT2D eigenvalue weighted by molar-refractivity contribution is -0.136. The molecule has 0 bridgehead atoms. The van der Waals surface area contributed by atoms with Gasteiger partial charge >= 0.3 is 6.09 Å². The highest BCUT2D eigenvalue weighted by Crippen LogP contribution is 2.15. The summed E-state index contributed by atoms with van der Waals surface area (Å²) in [6.45, 7) is 10.7. The quantitative estimate of drug-likeness (QED) is 0.764. The number of pyridine rings is 1. The van der Waals surface area contributed by atoms with E-state index in [1.165, 1.54) is 4.90 Å². The SMILES string of the molecule is C=CCOc1cccc(CN2CCN(C(=O)OC(C)(C)C)CC2=O)n1. The zero-order chi connectivity index (χ0) is 18.4. The van der Waals surface area contributed by atoms with Crippen LogP contribution in [0.15, 0.2) is 30.9 Å². The van der Waals surface area contributed by atoms with Crippen molar-refractivity contribution in [2.45, 2.75) is 32.9 Å². The molecular weight excluding hydrogens is 322 g/mol. The third-order valence-corrected chi connectivity index (χ3v) is 3.45. The first kappa shape index (κ1) is 18.8. The molecule has 2 heterocycles. The lowest BCUT2D eigenvalue weighted by Crippen LogP contribution is -2.52. The molecule has 0 spiro atoms. The van der Waals surface area contributed by atoms with Crippen LogP contribution < -0.4 is 4.74 Å². The minimum atomic E-state index is -0.576. The van der Waals surface area contributed by atoms with E-state index in [0.29, 0.717) is 32.1 Å². The van der Waals surface area contributed by atoms with Crippen molar-refractivity contribution in [1.82, 2.24) is 14.8 Å². The number of carbonyl (C=O) groups is 2. The summed E-state index contributed by atoms with van der Waals surface area (Å²) in [5, 5.41) is 0. The molecule has 0 aromatic carbocycles. The van der Waals surface area contributed by atoms with Crippen LogP contribution in [0.25, 0.3) is 0 Å². The Bertz CT molecular complexity index is 639. The van der Waals surface area contributed by atoms with Crippen molar-refractivity contribution in [2.75, 3.05) is 26.2 Å². The molecule has 1 aromatic heterocycles. The Morgan fingerprint density at radius 2 is 2.12 bits per heavy atom. The standard InChI is InChI=1S/C18H25N3O4/c1-5-11-24-15-8-6-7-14(19-15)12-20-9-10-21(13-16(20)22)17(23)25-18(2,3)4/h5-8H,1,9-13H2,2-4H3. The predicted octanol–water partition coefficient (Wildman–Crippen LogP) is 2.23. The molecule has 7 nitrogen and oxygen atoms in total. The van der Waals surface area contributed by atoms with Gasteiger partial charge in [-0.1, -0.05) is 18.7 Å². The molecule has 2 rings (SSSR count). The van der Waals surface area contributed by atoms with Crippen LogP contribution in [0, 0.1) is 0 Å². The first-order chi connectivity index (χ1) is 11.8. The normalized spacial score (nSPS) is 15.1. The van der Waals surface area contributed by atoms with E-state index in [9.17, 15) is 9.59 Å². The molecule has 1 aliphatic heterocycles. The van der Waals surface area contributed by atoms with Gasteiger partial charge in [-0.05, 0) is 26.8 Å². The highest BCUT2D eigenvalue weighted by atomic mass is 16.6. The van der Waals surface area contributed by atoms with Crippen molar-refractivity contribution in [3.05, 3.63) is 36.5 Å². The fourth-order valence-corrected chi connectivity index (χ4v) is 2.32. The molecule has 1 saturated heterocycles. The third-order valence-electron chi connectivity index (χ3n) is 3.45. The summed E-state index contributed by atoms with van der Waals surface area (Å²) < 4.78 is 10.7.